The van der Waals surface area contributed by atoms with E-state index >= 15 is 0 Å². The average Bonchev–Trinajstić information content (AvgIpc) is 2.71. The van der Waals surface area contributed by atoms with Crippen molar-refractivity contribution in [3.05, 3.63) is 48.0 Å². The van der Waals surface area contributed by atoms with E-state index in [1.165, 1.54) is 70.6 Å². The van der Waals surface area contributed by atoms with Gasteiger partial charge >= 0.3 is 11.9 Å². The fourth-order valence-electron chi connectivity index (χ4n) is 3.12. The summed E-state index contributed by atoms with van der Waals surface area (Å²) in [7, 11) is 0. The quantitative estimate of drug-likeness (QED) is 0.204. The van der Waals surface area contributed by atoms with E-state index in [1.54, 1.807) is 12.1 Å². The highest BCUT2D eigenvalue weighted by Crippen LogP contribution is 2.09. The molecule has 30 heavy (non-hydrogen) atoms. The molecule has 0 saturated heterocycles. The van der Waals surface area contributed by atoms with Gasteiger partial charge in [0, 0.05) is 6.42 Å². The van der Waals surface area contributed by atoms with Gasteiger partial charge in [-0.05, 0) is 37.7 Å². The molecule has 1 aromatic carbocycles. The van der Waals surface area contributed by atoms with Crippen LogP contribution < -0.4 is 0 Å². The van der Waals surface area contributed by atoms with Crippen molar-refractivity contribution in [3.63, 3.8) is 0 Å². The van der Waals surface area contributed by atoms with Crippen molar-refractivity contribution in [3.8, 4) is 0 Å². The van der Waals surface area contributed by atoms with Crippen molar-refractivity contribution in [2.45, 2.75) is 103 Å². The van der Waals surface area contributed by atoms with Crippen LogP contribution in [-0.4, -0.2) is 22.2 Å². The molecule has 0 heterocycles. The van der Waals surface area contributed by atoms with Crippen LogP contribution in [0, 0.1) is 0 Å². The lowest BCUT2D eigenvalue weighted by Crippen LogP contribution is -1.98. The number of hydrogen-bond donors (Lipinski definition) is 2. The lowest BCUT2D eigenvalue weighted by molar-refractivity contribution is -0.137. The summed E-state index contributed by atoms with van der Waals surface area (Å²) in [6, 6.07) is 9.13. The van der Waals surface area contributed by atoms with Crippen LogP contribution in [0.5, 0.6) is 0 Å². The van der Waals surface area contributed by atoms with Crippen LogP contribution in [0.4, 0.5) is 0 Å². The van der Waals surface area contributed by atoms with Crippen LogP contribution >= 0.6 is 0 Å². The molecule has 0 aliphatic heterocycles. The summed E-state index contributed by atoms with van der Waals surface area (Å²) in [4.78, 5) is 20.5. The summed E-state index contributed by atoms with van der Waals surface area (Å²) in [5.74, 6) is -1.45. The lowest BCUT2D eigenvalue weighted by Gasteiger charge is -1.99. The Kier molecular flexibility index (Phi) is 20.1. The third-order valence-corrected chi connectivity index (χ3v) is 4.85. The third kappa shape index (κ3) is 22.2. The largest absolute Gasteiger partial charge is 0.481 e. The molecule has 170 valence electrons. The van der Waals surface area contributed by atoms with Gasteiger partial charge in [-0.1, -0.05) is 101 Å². The van der Waals surface area contributed by atoms with E-state index in [2.05, 4.69) is 19.1 Å². The Morgan fingerprint density at radius 2 is 1.20 bits per heavy atom. The standard InChI is InChI=1S/C18H34O2.C8H8O2/c1-2-3-4-5-6-7-8-9-10-11-12-13-14-15-16-17-18(19)20;9-8(10)6-7-4-2-1-3-5-7/h9-10H,2-8,11-17H2,1H3,(H,19,20);1-5H,6H2,(H,9,10)/b10-9-;. The number of hydrogen-bond acceptors (Lipinski definition) is 2. The second-order valence-electron chi connectivity index (χ2n) is 7.78. The molecule has 0 unspecified atom stereocenters. The van der Waals surface area contributed by atoms with Crippen molar-refractivity contribution >= 4 is 11.9 Å². The van der Waals surface area contributed by atoms with Crippen LogP contribution in [0.1, 0.15) is 102 Å². The summed E-state index contributed by atoms with van der Waals surface area (Å²) >= 11 is 0. The van der Waals surface area contributed by atoms with Gasteiger partial charge in [-0.15, -0.1) is 0 Å². The lowest BCUT2D eigenvalue weighted by atomic mass is 10.1. The van der Waals surface area contributed by atoms with Crippen molar-refractivity contribution in [1.29, 1.82) is 0 Å². The van der Waals surface area contributed by atoms with E-state index in [-0.39, 0.29) is 6.42 Å². The van der Waals surface area contributed by atoms with Crippen LogP contribution in [0.3, 0.4) is 0 Å². The Labute approximate surface area is 183 Å². The maximum atomic E-state index is 10.3. The van der Waals surface area contributed by atoms with E-state index in [4.69, 9.17) is 10.2 Å². The second-order valence-corrected chi connectivity index (χ2v) is 7.78. The molecule has 0 radical (unpaired) electrons. The average molecular weight is 419 g/mol. The first-order valence-electron chi connectivity index (χ1n) is 11.7. The molecule has 0 aliphatic carbocycles. The summed E-state index contributed by atoms with van der Waals surface area (Å²) < 4.78 is 0. The Balaban J connectivity index is 0.000000696. The zero-order valence-corrected chi connectivity index (χ0v) is 18.9. The summed E-state index contributed by atoms with van der Waals surface area (Å²) in [6.07, 6.45) is 21.4. The molecule has 0 amide bonds. The maximum absolute atomic E-state index is 10.3. The number of carbonyl (C=O) groups is 2. The first kappa shape index (κ1) is 27.9. The van der Waals surface area contributed by atoms with Crippen molar-refractivity contribution in [2.24, 2.45) is 0 Å². The molecule has 0 spiro atoms. The van der Waals surface area contributed by atoms with Crippen LogP contribution in [0.25, 0.3) is 0 Å². The zero-order chi connectivity index (χ0) is 22.3. The molecular weight excluding hydrogens is 376 g/mol. The Morgan fingerprint density at radius 3 is 1.70 bits per heavy atom. The molecule has 2 N–H and O–H groups in total. The fourth-order valence-corrected chi connectivity index (χ4v) is 3.12. The minimum absolute atomic E-state index is 0.112. The minimum Gasteiger partial charge on any atom is -0.481 e. The molecule has 4 heteroatoms. The number of aliphatic carboxylic acids is 2. The number of benzene rings is 1. The number of rotatable bonds is 17. The molecule has 4 nitrogen and oxygen atoms in total. The first-order chi connectivity index (χ1) is 14.6. The molecule has 1 rings (SSSR count). The van der Waals surface area contributed by atoms with Crippen molar-refractivity contribution in [2.75, 3.05) is 0 Å². The Bertz CT molecular complexity index is 551. The van der Waals surface area contributed by atoms with Crippen LogP contribution in [0.15, 0.2) is 42.5 Å². The highest BCUT2D eigenvalue weighted by molar-refractivity contribution is 5.70. The van der Waals surface area contributed by atoms with Gasteiger partial charge in [0.05, 0.1) is 6.42 Å². The summed E-state index contributed by atoms with van der Waals surface area (Å²) in [6.45, 7) is 2.26. The fraction of sp³-hybridized carbons (Fsp3) is 0.615. The predicted molar refractivity (Wildman–Crippen MR) is 125 cm³/mol. The van der Waals surface area contributed by atoms with Gasteiger partial charge in [0.25, 0.3) is 0 Å². The normalized spacial score (nSPS) is 10.6. The second kappa shape index (κ2) is 21.6. The monoisotopic (exact) mass is 418 g/mol. The van der Waals surface area contributed by atoms with Crippen molar-refractivity contribution < 1.29 is 19.8 Å². The maximum Gasteiger partial charge on any atom is 0.307 e. The van der Waals surface area contributed by atoms with Gasteiger partial charge in [-0.25, -0.2) is 0 Å². The molecule has 1 aromatic rings. The Hall–Kier alpha value is -2.10. The topological polar surface area (TPSA) is 74.6 Å². The highest BCUT2D eigenvalue weighted by Gasteiger charge is 1.97. The molecular formula is C26H42O4. The molecule has 0 aliphatic rings. The van der Waals surface area contributed by atoms with Gasteiger partial charge in [0.1, 0.15) is 0 Å². The van der Waals surface area contributed by atoms with Gasteiger partial charge in [0.2, 0.25) is 0 Å². The smallest absolute Gasteiger partial charge is 0.307 e. The summed E-state index contributed by atoms with van der Waals surface area (Å²) in [5, 5.41) is 16.9. The number of allylic oxidation sites excluding steroid dienone is 2. The number of carboxylic acids is 2. The van der Waals surface area contributed by atoms with E-state index in [0.717, 1.165) is 18.4 Å². The van der Waals surface area contributed by atoms with Gasteiger partial charge in [0.15, 0.2) is 0 Å². The predicted octanol–water partition coefficient (Wildman–Crippen LogP) is 7.42. The minimum atomic E-state index is -0.786. The SMILES string of the molecule is CCCCCCCC/C=C\CCCCCCCC(=O)O.O=C(O)Cc1ccccc1. The molecule has 0 aromatic heterocycles. The van der Waals surface area contributed by atoms with Crippen LogP contribution in [-0.2, 0) is 16.0 Å². The van der Waals surface area contributed by atoms with Crippen LogP contribution in [0.2, 0.25) is 0 Å². The van der Waals surface area contributed by atoms with E-state index in [1.807, 2.05) is 18.2 Å². The summed E-state index contributed by atoms with van der Waals surface area (Å²) in [5.41, 5.74) is 0.843. The third-order valence-electron chi connectivity index (χ3n) is 4.85. The molecule has 0 fully saturated rings. The zero-order valence-electron chi connectivity index (χ0n) is 18.9. The van der Waals surface area contributed by atoms with E-state index in [0.29, 0.717) is 6.42 Å². The molecule has 0 atom stereocenters. The van der Waals surface area contributed by atoms with E-state index in [9.17, 15) is 9.59 Å². The first-order valence-corrected chi connectivity index (χ1v) is 11.7. The molecule has 0 saturated carbocycles. The van der Waals surface area contributed by atoms with E-state index < -0.39 is 11.9 Å². The Morgan fingerprint density at radius 1 is 0.700 bits per heavy atom. The van der Waals surface area contributed by atoms with Gasteiger partial charge in [-0.2, -0.15) is 0 Å². The van der Waals surface area contributed by atoms with Crippen molar-refractivity contribution in [1.82, 2.24) is 0 Å². The molecule has 0 bridgehead atoms. The highest BCUT2D eigenvalue weighted by atomic mass is 16.4. The number of carboxylic acid groups (broad SMARTS) is 2. The number of unbranched alkanes of at least 4 members (excludes halogenated alkanes) is 11. The van der Waals surface area contributed by atoms with Gasteiger partial charge in [-0.3, -0.25) is 9.59 Å². The van der Waals surface area contributed by atoms with Gasteiger partial charge < -0.3 is 10.2 Å².